The van der Waals surface area contributed by atoms with E-state index in [2.05, 4.69) is 4.90 Å². The summed E-state index contributed by atoms with van der Waals surface area (Å²) in [4.78, 5) is 14.5. The van der Waals surface area contributed by atoms with E-state index in [1.165, 1.54) is 12.1 Å². The molecular formula is C16H21F3N2O3. The molecule has 0 aliphatic carbocycles. The Balaban J connectivity index is 1.87. The lowest BCUT2D eigenvalue weighted by Crippen LogP contribution is -2.47. The molecule has 5 nitrogen and oxygen atoms in total. The highest BCUT2D eigenvalue weighted by molar-refractivity contribution is 5.69. The van der Waals surface area contributed by atoms with Crippen LogP contribution in [-0.4, -0.2) is 66.8 Å². The number of alkyl halides is 3. The summed E-state index contributed by atoms with van der Waals surface area (Å²) in [7, 11) is 1.71. The van der Waals surface area contributed by atoms with Crippen LogP contribution in [0, 0.1) is 0 Å². The first-order chi connectivity index (χ1) is 11.2. The molecule has 1 aliphatic rings. The molecule has 0 aromatic heterocycles. The van der Waals surface area contributed by atoms with Crippen LogP contribution in [0.25, 0.3) is 0 Å². The van der Waals surface area contributed by atoms with Crippen LogP contribution in [-0.2, 0) is 22.3 Å². The van der Waals surface area contributed by atoms with Crippen LogP contribution in [0.4, 0.5) is 13.2 Å². The number of hydrogen-bond acceptors (Lipinski definition) is 4. The number of benzene rings is 1. The van der Waals surface area contributed by atoms with Gasteiger partial charge in [-0.25, -0.2) is 0 Å². The molecule has 0 saturated carbocycles. The van der Waals surface area contributed by atoms with Crippen molar-refractivity contribution in [1.82, 2.24) is 9.80 Å². The van der Waals surface area contributed by atoms with Gasteiger partial charge in [0.15, 0.2) is 0 Å². The molecule has 1 atom stereocenters. The molecule has 0 bridgehead atoms. The summed E-state index contributed by atoms with van der Waals surface area (Å²) in [5.74, 6) is -0.894. The lowest BCUT2D eigenvalue weighted by atomic mass is 10.1. The first-order valence-corrected chi connectivity index (χ1v) is 7.64. The number of morpholine rings is 1. The van der Waals surface area contributed by atoms with Crippen molar-refractivity contribution in [2.75, 3.05) is 39.8 Å². The molecule has 0 spiro atoms. The molecule has 1 aromatic carbocycles. The second-order valence-corrected chi connectivity index (χ2v) is 6.01. The minimum atomic E-state index is -4.32. The molecule has 1 unspecified atom stereocenters. The van der Waals surface area contributed by atoms with E-state index < -0.39 is 17.7 Å². The number of ether oxygens (including phenoxy) is 1. The van der Waals surface area contributed by atoms with Crippen LogP contribution in [0.5, 0.6) is 0 Å². The lowest BCUT2D eigenvalue weighted by Gasteiger charge is -2.34. The SMILES string of the molecule is CN(CC(=O)O)CC1CN(Cc2ccc(C(F)(F)F)cc2)CCO1. The summed E-state index contributed by atoms with van der Waals surface area (Å²) < 4.78 is 43.3. The van der Waals surface area contributed by atoms with Crippen molar-refractivity contribution in [3.05, 3.63) is 35.4 Å². The third-order valence-electron chi connectivity index (χ3n) is 3.83. The second-order valence-electron chi connectivity index (χ2n) is 6.01. The summed E-state index contributed by atoms with van der Waals surface area (Å²) in [6, 6.07) is 5.16. The van der Waals surface area contributed by atoms with Gasteiger partial charge in [-0.2, -0.15) is 13.2 Å². The van der Waals surface area contributed by atoms with Crippen molar-refractivity contribution in [2.45, 2.75) is 18.8 Å². The van der Waals surface area contributed by atoms with E-state index in [9.17, 15) is 18.0 Å². The molecule has 24 heavy (non-hydrogen) atoms. The summed E-state index contributed by atoms with van der Waals surface area (Å²) in [6.07, 6.45) is -4.44. The molecule has 134 valence electrons. The van der Waals surface area contributed by atoms with Gasteiger partial charge in [-0.05, 0) is 24.7 Å². The third-order valence-corrected chi connectivity index (χ3v) is 3.83. The number of carboxylic acid groups (broad SMARTS) is 1. The zero-order valence-electron chi connectivity index (χ0n) is 13.4. The third kappa shape index (κ3) is 5.77. The van der Waals surface area contributed by atoms with Gasteiger partial charge in [0.1, 0.15) is 0 Å². The predicted octanol–water partition coefficient (Wildman–Crippen LogP) is 1.92. The van der Waals surface area contributed by atoms with Gasteiger partial charge in [0.05, 0.1) is 24.8 Å². The molecule has 1 fully saturated rings. The Labute approximate surface area is 138 Å². The van der Waals surface area contributed by atoms with Gasteiger partial charge in [-0.15, -0.1) is 0 Å². The van der Waals surface area contributed by atoms with Gasteiger partial charge >= 0.3 is 12.1 Å². The van der Waals surface area contributed by atoms with Gasteiger partial charge in [-0.3, -0.25) is 14.6 Å². The van der Waals surface area contributed by atoms with E-state index in [0.29, 0.717) is 32.8 Å². The Morgan fingerprint density at radius 2 is 2.04 bits per heavy atom. The highest BCUT2D eigenvalue weighted by Gasteiger charge is 2.30. The largest absolute Gasteiger partial charge is 0.480 e. The average molecular weight is 346 g/mol. The summed E-state index contributed by atoms with van der Waals surface area (Å²) in [6.45, 7) is 2.81. The summed E-state index contributed by atoms with van der Waals surface area (Å²) in [5.41, 5.74) is 0.156. The van der Waals surface area contributed by atoms with E-state index in [-0.39, 0.29) is 12.6 Å². The number of hydrogen-bond donors (Lipinski definition) is 1. The van der Waals surface area contributed by atoms with E-state index in [1.54, 1.807) is 11.9 Å². The number of carbonyl (C=O) groups is 1. The van der Waals surface area contributed by atoms with Crippen LogP contribution in [0.2, 0.25) is 0 Å². The van der Waals surface area contributed by atoms with Gasteiger partial charge in [-0.1, -0.05) is 12.1 Å². The second kappa shape index (κ2) is 7.96. The van der Waals surface area contributed by atoms with E-state index in [4.69, 9.17) is 9.84 Å². The van der Waals surface area contributed by atoms with Crippen molar-refractivity contribution in [3.63, 3.8) is 0 Å². The maximum Gasteiger partial charge on any atom is 0.416 e. The predicted molar refractivity (Wildman–Crippen MR) is 81.6 cm³/mol. The Bertz CT molecular complexity index is 548. The Morgan fingerprint density at radius 1 is 1.38 bits per heavy atom. The molecule has 8 heteroatoms. The van der Waals surface area contributed by atoms with Crippen molar-refractivity contribution in [3.8, 4) is 0 Å². The lowest BCUT2D eigenvalue weighted by molar-refractivity contribution is -0.139. The van der Waals surface area contributed by atoms with Crippen molar-refractivity contribution in [2.24, 2.45) is 0 Å². The average Bonchev–Trinajstić information content (AvgIpc) is 2.46. The van der Waals surface area contributed by atoms with Gasteiger partial charge in [0, 0.05) is 26.2 Å². The number of rotatable bonds is 6. The zero-order chi connectivity index (χ0) is 17.7. The van der Waals surface area contributed by atoms with Crippen LogP contribution in [0.15, 0.2) is 24.3 Å². The minimum absolute atomic E-state index is 0.0568. The van der Waals surface area contributed by atoms with Crippen LogP contribution < -0.4 is 0 Å². The molecule has 0 radical (unpaired) electrons. The van der Waals surface area contributed by atoms with E-state index in [0.717, 1.165) is 17.7 Å². The fraction of sp³-hybridized carbons (Fsp3) is 0.562. The molecule has 1 aliphatic heterocycles. The van der Waals surface area contributed by atoms with Crippen LogP contribution in [0.1, 0.15) is 11.1 Å². The Kier molecular flexibility index (Phi) is 6.20. The quantitative estimate of drug-likeness (QED) is 0.853. The normalized spacial score (nSPS) is 19.6. The number of likely N-dealkylation sites (N-methyl/N-ethyl adjacent to an activating group) is 1. The fourth-order valence-electron chi connectivity index (χ4n) is 2.73. The fourth-order valence-corrected chi connectivity index (χ4v) is 2.73. The minimum Gasteiger partial charge on any atom is -0.480 e. The van der Waals surface area contributed by atoms with Gasteiger partial charge in [0.2, 0.25) is 0 Å². The Hall–Kier alpha value is -1.64. The number of halogens is 3. The molecule has 1 saturated heterocycles. The van der Waals surface area contributed by atoms with E-state index in [1.807, 2.05) is 0 Å². The highest BCUT2D eigenvalue weighted by atomic mass is 19.4. The monoisotopic (exact) mass is 346 g/mol. The Morgan fingerprint density at radius 3 is 2.62 bits per heavy atom. The summed E-state index contributed by atoms with van der Waals surface area (Å²) >= 11 is 0. The highest BCUT2D eigenvalue weighted by Crippen LogP contribution is 2.29. The molecule has 1 aromatic rings. The molecule has 1 N–H and O–H groups in total. The zero-order valence-corrected chi connectivity index (χ0v) is 13.4. The first kappa shape index (κ1) is 18.7. The molecular weight excluding hydrogens is 325 g/mol. The van der Waals surface area contributed by atoms with Crippen molar-refractivity contribution in [1.29, 1.82) is 0 Å². The van der Waals surface area contributed by atoms with Crippen LogP contribution >= 0.6 is 0 Å². The van der Waals surface area contributed by atoms with E-state index >= 15 is 0 Å². The number of nitrogens with zero attached hydrogens (tertiary/aromatic N) is 2. The number of aliphatic carboxylic acids is 1. The van der Waals surface area contributed by atoms with Crippen molar-refractivity contribution < 1.29 is 27.8 Å². The van der Waals surface area contributed by atoms with Gasteiger partial charge < -0.3 is 9.84 Å². The first-order valence-electron chi connectivity index (χ1n) is 7.64. The van der Waals surface area contributed by atoms with Crippen LogP contribution in [0.3, 0.4) is 0 Å². The summed E-state index contributed by atoms with van der Waals surface area (Å²) in [5, 5.41) is 8.77. The molecule has 0 amide bonds. The smallest absolute Gasteiger partial charge is 0.416 e. The maximum atomic E-state index is 12.6. The number of carboxylic acids is 1. The standard InChI is InChI=1S/C16H21F3N2O3/c1-20(11-15(22)23)9-14-10-21(6-7-24-14)8-12-2-4-13(5-3-12)16(17,18)19/h2-5,14H,6-11H2,1H3,(H,22,23). The molecule has 2 rings (SSSR count). The molecule has 1 heterocycles. The maximum absolute atomic E-state index is 12.6. The van der Waals surface area contributed by atoms with Crippen molar-refractivity contribution >= 4 is 5.97 Å². The van der Waals surface area contributed by atoms with Gasteiger partial charge in [0.25, 0.3) is 0 Å². The topological polar surface area (TPSA) is 53.0 Å².